The van der Waals surface area contributed by atoms with Crippen molar-refractivity contribution in [3.63, 3.8) is 0 Å². The molecule has 5 heteroatoms. The number of fused-ring (bicyclic) bond motifs is 1. The first-order valence-electron chi connectivity index (χ1n) is 10.4. The fourth-order valence-electron chi connectivity index (χ4n) is 6.54. The summed E-state index contributed by atoms with van der Waals surface area (Å²) in [5.74, 6) is 4.53. The molecule has 27 heavy (non-hydrogen) atoms. The molecule has 1 aliphatic heterocycles. The number of methoxy groups -OCH3 is 1. The van der Waals surface area contributed by atoms with Gasteiger partial charge in [-0.25, -0.2) is 0 Å². The molecule has 1 amide bonds. The Hall–Kier alpha value is -1.91. The van der Waals surface area contributed by atoms with Gasteiger partial charge < -0.3 is 19.5 Å². The van der Waals surface area contributed by atoms with Gasteiger partial charge in [-0.2, -0.15) is 0 Å². The Bertz CT molecular complexity index is 692. The molecule has 4 saturated carbocycles. The minimum absolute atomic E-state index is 0.0602. The van der Waals surface area contributed by atoms with Gasteiger partial charge in [0, 0.05) is 12.1 Å². The van der Waals surface area contributed by atoms with Gasteiger partial charge in [-0.15, -0.1) is 0 Å². The Balaban J connectivity index is 1.24. The third kappa shape index (κ3) is 3.15. The summed E-state index contributed by atoms with van der Waals surface area (Å²) in [7, 11) is 1.59. The molecular formula is C22H29NO4. The number of carbonyl (C=O) groups is 1. The summed E-state index contributed by atoms with van der Waals surface area (Å²) >= 11 is 0. The van der Waals surface area contributed by atoms with Crippen LogP contribution in [-0.2, 0) is 0 Å². The lowest BCUT2D eigenvalue weighted by atomic mass is 9.49. The second kappa shape index (κ2) is 6.61. The van der Waals surface area contributed by atoms with Crippen molar-refractivity contribution in [2.24, 2.45) is 23.2 Å². The average Bonchev–Trinajstić information content (AvgIpc) is 2.65. The molecule has 146 valence electrons. The van der Waals surface area contributed by atoms with Crippen LogP contribution in [0.3, 0.4) is 0 Å². The Labute approximate surface area is 160 Å². The molecular weight excluding hydrogens is 342 g/mol. The maximum absolute atomic E-state index is 12.7. The third-order valence-electron chi connectivity index (χ3n) is 7.20. The van der Waals surface area contributed by atoms with Crippen molar-refractivity contribution in [3.8, 4) is 17.2 Å². The van der Waals surface area contributed by atoms with E-state index in [0.29, 0.717) is 41.4 Å². The van der Waals surface area contributed by atoms with Crippen molar-refractivity contribution in [2.45, 2.75) is 44.9 Å². The zero-order valence-electron chi connectivity index (χ0n) is 16.1. The molecule has 4 bridgehead atoms. The van der Waals surface area contributed by atoms with Gasteiger partial charge in [-0.05, 0) is 80.2 Å². The van der Waals surface area contributed by atoms with Crippen LogP contribution in [0.1, 0.15) is 55.3 Å². The Morgan fingerprint density at radius 2 is 1.78 bits per heavy atom. The molecule has 0 unspecified atom stereocenters. The summed E-state index contributed by atoms with van der Waals surface area (Å²) in [5, 5.41) is 3.14. The first-order chi connectivity index (χ1) is 13.1. The summed E-state index contributed by atoms with van der Waals surface area (Å²) in [5.41, 5.74) is 1.06. The molecule has 4 aliphatic carbocycles. The van der Waals surface area contributed by atoms with Gasteiger partial charge in [-0.3, -0.25) is 4.79 Å². The van der Waals surface area contributed by atoms with Crippen molar-refractivity contribution in [3.05, 3.63) is 17.7 Å². The number of hydrogen-bond donors (Lipinski definition) is 1. The lowest BCUT2D eigenvalue weighted by molar-refractivity contribution is -0.0564. The van der Waals surface area contributed by atoms with Crippen LogP contribution in [0.15, 0.2) is 12.1 Å². The summed E-state index contributed by atoms with van der Waals surface area (Å²) in [6, 6.07) is 3.50. The lowest BCUT2D eigenvalue weighted by Gasteiger charge is -2.57. The highest BCUT2D eigenvalue weighted by Crippen LogP contribution is 2.61. The van der Waals surface area contributed by atoms with Gasteiger partial charge >= 0.3 is 0 Å². The number of hydrogen-bond acceptors (Lipinski definition) is 4. The van der Waals surface area contributed by atoms with Crippen LogP contribution in [0.25, 0.3) is 0 Å². The van der Waals surface area contributed by atoms with E-state index in [1.807, 2.05) is 0 Å². The molecule has 1 aromatic rings. The maximum Gasteiger partial charge on any atom is 0.251 e. The van der Waals surface area contributed by atoms with Gasteiger partial charge in [-0.1, -0.05) is 0 Å². The highest BCUT2D eigenvalue weighted by atomic mass is 16.6. The van der Waals surface area contributed by atoms with Crippen LogP contribution >= 0.6 is 0 Å². The van der Waals surface area contributed by atoms with E-state index < -0.39 is 0 Å². The van der Waals surface area contributed by atoms with Crippen LogP contribution in [-0.4, -0.2) is 32.8 Å². The van der Waals surface area contributed by atoms with E-state index in [4.69, 9.17) is 14.2 Å². The molecule has 5 aliphatic rings. The molecule has 1 N–H and O–H groups in total. The van der Waals surface area contributed by atoms with Crippen molar-refractivity contribution in [2.75, 3.05) is 26.9 Å². The van der Waals surface area contributed by atoms with Crippen molar-refractivity contribution in [1.29, 1.82) is 0 Å². The van der Waals surface area contributed by atoms with E-state index in [9.17, 15) is 4.79 Å². The monoisotopic (exact) mass is 371 g/mol. The summed E-state index contributed by atoms with van der Waals surface area (Å²) in [4.78, 5) is 12.7. The summed E-state index contributed by atoms with van der Waals surface area (Å²) in [6.45, 7) is 1.75. The number of rotatable bonds is 5. The van der Waals surface area contributed by atoms with Crippen LogP contribution < -0.4 is 19.5 Å². The van der Waals surface area contributed by atoms with Crippen LogP contribution in [0, 0.1) is 23.2 Å². The predicted molar refractivity (Wildman–Crippen MR) is 102 cm³/mol. The minimum atomic E-state index is -0.0602. The van der Waals surface area contributed by atoms with Crippen LogP contribution in [0.4, 0.5) is 0 Å². The molecule has 1 heterocycles. The third-order valence-corrected chi connectivity index (χ3v) is 7.20. The molecule has 0 aromatic heterocycles. The molecule has 1 aromatic carbocycles. The summed E-state index contributed by atoms with van der Waals surface area (Å²) in [6.07, 6.45) is 9.64. The topological polar surface area (TPSA) is 56.8 Å². The van der Waals surface area contributed by atoms with Crippen molar-refractivity contribution >= 4 is 5.91 Å². The van der Waals surface area contributed by atoms with Gasteiger partial charge in [0.15, 0.2) is 11.5 Å². The second-order valence-corrected chi connectivity index (χ2v) is 9.13. The first-order valence-corrected chi connectivity index (χ1v) is 10.4. The molecule has 6 rings (SSSR count). The van der Waals surface area contributed by atoms with Gasteiger partial charge in [0.1, 0.15) is 13.2 Å². The fraction of sp³-hybridized carbons (Fsp3) is 0.682. The fourth-order valence-corrected chi connectivity index (χ4v) is 6.54. The first kappa shape index (κ1) is 17.2. The molecule has 0 saturated heterocycles. The van der Waals surface area contributed by atoms with Crippen molar-refractivity contribution in [1.82, 2.24) is 5.32 Å². The Morgan fingerprint density at radius 1 is 1.11 bits per heavy atom. The number of amides is 1. The van der Waals surface area contributed by atoms with E-state index in [0.717, 1.165) is 30.7 Å². The molecule has 0 atom stereocenters. The molecule has 5 nitrogen and oxygen atoms in total. The van der Waals surface area contributed by atoms with E-state index >= 15 is 0 Å². The smallest absolute Gasteiger partial charge is 0.251 e. The molecule has 0 radical (unpaired) electrons. The number of nitrogens with one attached hydrogen (secondary N) is 1. The highest BCUT2D eigenvalue weighted by molar-refractivity contribution is 5.95. The zero-order chi connectivity index (χ0) is 18.4. The van der Waals surface area contributed by atoms with Gasteiger partial charge in [0.2, 0.25) is 5.75 Å². The van der Waals surface area contributed by atoms with E-state index in [1.54, 1.807) is 19.2 Å². The van der Waals surface area contributed by atoms with Crippen LogP contribution in [0.5, 0.6) is 17.2 Å². The lowest BCUT2D eigenvalue weighted by Crippen LogP contribution is -2.47. The maximum atomic E-state index is 12.7. The van der Waals surface area contributed by atoms with E-state index in [-0.39, 0.29) is 5.91 Å². The predicted octanol–water partition coefficient (Wildman–Crippen LogP) is 3.80. The number of benzene rings is 1. The SMILES string of the molecule is COc1cc(C(=O)NCCC23CC4CC(CC(C4)C2)C3)cc2c1OCCO2. The standard InChI is InChI=1S/C22H29NO4/c1-25-18-9-17(10-19-20(18)27-5-4-26-19)21(24)23-3-2-22-11-14-6-15(12-22)8-16(7-14)13-22/h9-10,14-16H,2-8,11-13H2,1H3,(H,23,24). The molecule has 0 spiro atoms. The van der Waals surface area contributed by atoms with E-state index in [1.165, 1.54) is 38.5 Å². The van der Waals surface area contributed by atoms with Crippen molar-refractivity contribution < 1.29 is 19.0 Å². The second-order valence-electron chi connectivity index (χ2n) is 9.13. The summed E-state index contributed by atoms with van der Waals surface area (Å²) < 4.78 is 16.6. The number of carbonyl (C=O) groups excluding carboxylic acids is 1. The largest absolute Gasteiger partial charge is 0.493 e. The minimum Gasteiger partial charge on any atom is -0.493 e. The van der Waals surface area contributed by atoms with E-state index in [2.05, 4.69) is 5.32 Å². The Kier molecular flexibility index (Phi) is 4.21. The number of ether oxygens (including phenoxy) is 3. The van der Waals surface area contributed by atoms with Crippen LogP contribution in [0.2, 0.25) is 0 Å². The Morgan fingerprint density at radius 3 is 2.44 bits per heavy atom. The zero-order valence-corrected chi connectivity index (χ0v) is 16.1. The quantitative estimate of drug-likeness (QED) is 0.855. The van der Waals surface area contributed by atoms with Gasteiger partial charge in [0.05, 0.1) is 7.11 Å². The molecule has 4 fully saturated rings. The highest BCUT2D eigenvalue weighted by Gasteiger charge is 2.50. The normalized spacial score (nSPS) is 33.0. The average molecular weight is 371 g/mol. The van der Waals surface area contributed by atoms with Gasteiger partial charge in [0.25, 0.3) is 5.91 Å².